The lowest BCUT2D eigenvalue weighted by Gasteiger charge is -2.41. The lowest BCUT2D eigenvalue weighted by molar-refractivity contribution is -0.0103. The minimum absolute atomic E-state index is 0.174. The van der Waals surface area contributed by atoms with Gasteiger partial charge < -0.3 is 5.11 Å². The van der Waals surface area contributed by atoms with Crippen LogP contribution in [-0.4, -0.2) is 53.2 Å². The quantitative estimate of drug-likeness (QED) is 0.879. The van der Waals surface area contributed by atoms with Gasteiger partial charge in [0, 0.05) is 25.7 Å². The van der Waals surface area contributed by atoms with Gasteiger partial charge >= 0.3 is 0 Å². The Balaban J connectivity index is 1.97. The van der Waals surface area contributed by atoms with E-state index in [9.17, 15) is 5.11 Å². The second-order valence-corrected chi connectivity index (χ2v) is 5.37. The fourth-order valence-corrected chi connectivity index (χ4v) is 3.02. The van der Waals surface area contributed by atoms with Crippen LogP contribution in [-0.2, 0) is 6.54 Å². The molecule has 2 atom stereocenters. The van der Waals surface area contributed by atoms with Crippen LogP contribution in [0.2, 0.25) is 0 Å². The van der Waals surface area contributed by atoms with Gasteiger partial charge in [-0.25, -0.2) is 0 Å². The molecule has 1 aromatic rings. The van der Waals surface area contributed by atoms with Crippen LogP contribution in [0.15, 0.2) is 30.3 Å². The highest BCUT2D eigenvalue weighted by Gasteiger charge is 2.30. The maximum Gasteiger partial charge on any atom is 0.0720 e. The molecule has 19 heavy (non-hydrogen) atoms. The smallest absolute Gasteiger partial charge is 0.0720 e. The van der Waals surface area contributed by atoms with Crippen LogP contribution in [0.3, 0.4) is 0 Å². The lowest BCUT2D eigenvalue weighted by Crippen LogP contribution is -2.54. The monoisotopic (exact) mass is 262 g/mol. The Kier molecular flexibility index (Phi) is 5.37. The molecule has 3 heteroatoms. The van der Waals surface area contributed by atoms with Gasteiger partial charge in [0.2, 0.25) is 0 Å². The van der Waals surface area contributed by atoms with Gasteiger partial charge in [-0.3, -0.25) is 9.80 Å². The molecule has 1 fully saturated rings. The van der Waals surface area contributed by atoms with E-state index in [1.54, 1.807) is 0 Å². The first-order valence-corrected chi connectivity index (χ1v) is 7.43. The van der Waals surface area contributed by atoms with Crippen molar-refractivity contribution in [3.05, 3.63) is 35.9 Å². The molecule has 1 aromatic carbocycles. The van der Waals surface area contributed by atoms with Crippen molar-refractivity contribution >= 4 is 0 Å². The highest BCUT2D eigenvalue weighted by Crippen LogP contribution is 2.18. The molecule has 1 heterocycles. The second-order valence-electron chi connectivity index (χ2n) is 5.37. The minimum Gasteiger partial charge on any atom is -0.391 e. The summed E-state index contributed by atoms with van der Waals surface area (Å²) in [6, 6.07) is 10.9. The maximum atomic E-state index is 10.2. The summed E-state index contributed by atoms with van der Waals surface area (Å²) in [6.45, 7) is 9.32. The summed E-state index contributed by atoms with van der Waals surface area (Å²) in [5.74, 6) is 0. The average molecular weight is 262 g/mol. The number of hydrogen-bond donors (Lipinski definition) is 1. The Bertz CT molecular complexity index is 364. The molecular weight excluding hydrogens is 236 g/mol. The number of likely N-dealkylation sites (tertiary alicyclic amines) is 1. The van der Waals surface area contributed by atoms with Crippen molar-refractivity contribution in [3.8, 4) is 0 Å². The van der Waals surface area contributed by atoms with Crippen molar-refractivity contribution < 1.29 is 5.11 Å². The molecule has 106 valence electrons. The van der Waals surface area contributed by atoms with E-state index in [0.717, 1.165) is 39.1 Å². The molecule has 0 bridgehead atoms. The van der Waals surface area contributed by atoms with Gasteiger partial charge in [0.15, 0.2) is 0 Å². The van der Waals surface area contributed by atoms with E-state index in [1.807, 2.05) is 0 Å². The van der Waals surface area contributed by atoms with Gasteiger partial charge in [-0.05, 0) is 25.1 Å². The summed E-state index contributed by atoms with van der Waals surface area (Å²) in [4.78, 5) is 4.84. The summed E-state index contributed by atoms with van der Waals surface area (Å²) in [5.41, 5.74) is 1.36. The highest BCUT2D eigenvalue weighted by molar-refractivity contribution is 5.14. The number of aliphatic hydroxyl groups excluding tert-OH is 1. The molecule has 1 aliphatic heterocycles. The predicted molar refractivity (Wildman–Crippen MR) is 79.1 cm³/mol. The zero-order valence-corrected chi connectivity index (χ0v) is 12.1. The molecule has 3 nitrogen and oxygen atoms in total. The number of rotatable bonds is 5. The van der Waals surface area contributed by atoms with E-state index < -0.39 is 0 Å². The number of benzene rings is 1. The number of nitrogens with zero attached hydrogens (tertiary/aromatic N) is 2. The normalized spacial score (nSPS) is 24.8. The molecular formula is C16H26N2O. The molecule has 1 saturated heterocycles. The third-order valence-corrected chi connectivity index (χ3v) is 4.16. The Morgan fingerprint density at radius 2 is 1.89 bits per heavy atom. The van der Waals surface area contributed by atoms with E-state index in [0.29, 0.717) is 0 Å². The molecule has 1 aliphatic rings. The van der Waals surface area contributed by atoms with E-state index in [2.05, 4.69) is 54.0 Å². The van der Waals surface area contributed by atoms with Crippen LogP contribution in [0, 0.1) is 0 Å². The molecule has 0 spiro atoms. The van der Waals surface area contributed by atoms with Gasteiger partial charge in [-0.1, -0.05) is 44.2 Å². The SMILES string of the molecule is CCN(CC)C1CN(Cc2ccccc2)CCC1O. The van der Waals surface area contributed by atoms with E-state index in [4.69, 9.17) is 0 Å². The highest BCUT2D eigenvalue weighted by atomic mass is 16.3. The standard InChI is InChI=1S/C16H26N2O/c1-3-18(4-2)15-13-17(11-10-16(15)19)12-14-8-6-5-7-9-14/h5-9,15-16,19H,3-4,10-13H2,1-2H3. The van der Waals surface area contributed by atoms with Crippen LogP contribution in [0.5, 0.6) is 0 Å². The minimum atomic E-state index is -0.174. The summed E-state index contributed by atoms with van der Waals surface area (Å²) < 4.78 is 0. The fraction of sp³-hybridized carbons (Fsp3) is 0.625. The Morgan fingerprint density at radius 1 is 1.21 bits per heavy atom. The molecule has 0 radical (unpaired) electrons. The van der Waals surface area contributed by atoms with E-state index in [1.165, 1.54) is 5.56 Å². The van der Waals surface area contributed by atoms with Gasteiger partial charge in [0.05, 0.1) is 6.10 Å². The van der Waals surface area contributed by atoms with Crippen LogP contribution in [0.4, 0.5) is 0 Å². The van der Waals surface area contributed by atoms with Crippen molar-refractivity contribution in [1.82, 2.24) is 9.80 Å². The molecule has 2 rings (SSSR count). The molecule has 2 unspecified atom stereocenters. The zero-order chi connectivity index (χ0) is 13.7. The van der Waals surface area contributed by atoms with E-state index >= 15 is 0 Å². The summed E-state index contributed by atoms with van der Waals surface area (Å²) in [7, 11) is 0. The molecule has 0 aromatic heterocycles. The zero-order valence-electron chi connectivity index (χ0n) is 12.1. The third kappa shape index (κ3) is 3.78. The summed E-state index contributed by atoms with van der Waals surface area (Å²) in [5, 5.41) is 10.2. The third-order valence-electron chi connectivity index (χ3n) is 4.16. The van der Waals surface area contributed by atoms with Gasteiger partial charge in [0.25, 0.3) is 0 Å². The average Bonchev–Trinajstić information content (AvgIpc) is 2.45. The Hall–Kier alpha value is -0.900. The van der Waals surface area contributed by atoms with Crippen molar-refractivity contribution in [2.24, 2.45) is 0 Å². The maximum absolute atomic E-state index is 10.2. The first-order valence-electron chi connectivity index (χ1n) is 7.43. The van der Waals surface area contributed by atoms with E-state index in [-0.39, 0.29) is 12.1 Å². The molecule has 1 N–H and O–H groups in total. The van der Waals surface area contributed by atoms with Crippen molar-refractivity contribution in [2.75, 3.05) is 26.2 Å². The number of piperidine rings is 1. The Morgan fingerprint density at radius 3 is 2.53 bits per heavy atom. The van der Waals surface area contributed by atoms with Gasteiger partial charge in [-0.15, -0.1) is 0 Å². The molecule has 0 saturated carbocycles. The lowest BCUT2D eigenvalue weighted by atomic mass is 10.00. The Labute approximate surface area is 116 Å². The van der Waals surface area contributed by atoms with Crippen molar-refractivity contribution in [1.29, 1.82) is 0 Å². The first-order chi connectivity index (χ1) is 9.24. The fourth-order valence-electron chi connectivity index (χ4n) is 3.02. The second kappa shape index (κ2) is 7.04. The largest absolute Gasteiger partial charge is 0.391 e. The van der Waals surface area contributed by atoms with Crippen LogP contribution >= 0.6 is 0 Å². The van der Waals surface area contributed by atoms with Crippen LogP contribution in [0.1, 0.15) is 25.8 Å². The predicted octanol–water partition coefficient (Wildman–Crippen LogP) is 1.96. The van der Waals surface area contributed by atoms with Crippen LogP contribution < -0.4 is 0 Å². The topological polar surface area (TPSA) is 26.7 Å². The number of aliphatic hydroxyl groups is 1. The first kappa shape index (κ1) is 14.5. The summed E-state index contributed by atoms with van der Waals surface area (Å²) >= 11 is 0. The van der Waals surface area contributed by atoms with Crippen molar-refractivity contribution in [2.45, 2.75) is 39.0 Å². The van der Waals surface area contributed by atoms with Crippen LogP contribution in [0.25, 0.3) is 0 Å². The van der Waals surface area contributed by atoms with Gasteiger partial charge in [-0.2, -0.15) is 0 Å². The number of likely N-dealkylation sites (N-methyl/N-ethyl adjacent to an activating group) is 1. The molecule has 0 aliphatic carbocycles. The van der Waals surface area contributed by atoms with Crippen molar-refractivity contribution in [3.63, 3.8) is 0 Å². The summed E-state index contributed by atoms with van der Waals surface area (Å²) in [6.07, 6.45) is 0.709. The molecule has 0 amide bonds. The van der Waals surface area contributed by atoms with Gasteiger partial charge in [0.1, 0.15) is 0 Å². The number of hydrogen-bond acceptors (Lipinski definition) is 3.